The van der Waals surface area contributed by atoms with Gasteiger partial charge in [-0.05, 0) is 49.7 Å². The van der Waals surface area contributed by atoms with Crippen LogP contribution in [0, 0.1) is 30.6 Å². The minimum atomic E-state index is -0.406. The van der Waals surface area contributed by atoms with E-state index in [1.807, 2.05) is 0 Å². The first-order chi connectivity index (χ1) is 12.9. The summed E-state index contributed by atoms with van der Waals surface area (Å²) in [6.07, 6.45) is 2.94. The number of nitrogens with two attached hydrogens (primary N) is 1. The molecule has 1 aromatic carbocycles. The summed E-state index contributed by atoms with van der Waals surface area (Å²) < 4.78 is 5.01. The van der Waals surface area contributed by atoms with Crippen LogP contribution < -0.4 is 11.1 Å². The highest BCUT2D eigenvalue weighted by Crippen LogP contribution is 2.22. The average Bonchev–Trinajstić information content (AvgIpc) is 3.17. The van der Waals surface area contributed by atoms with Crippen molar-refractivity contribution < 1.29 is 9.21 Å². The molecule has 0 fully saturated rings. The molecule has 134 valence electrons. The lowest BCUT2D eigenvalue weighted by Crippen LogP contribution is -2.16. The SMILES string of the molecule is Cc1cc(C(=O)Nc2ccc(N)c(C(=N)c3ccoc3)c2)nc(C)c1C#N. The van der Waals surface area contributed by atoms with Crippen LogP contribution in [0.25, 0.3) is 0 Å². The van der Waals surface area contributed by atoms with E-state index >= 15 is 0 Å². The maximum Gasteiger partial charge on any atom is 0.274 e. The van der Waals surface area contributed by atoms with Crippen molar-refractivity contribution in [3.05, 3.63) is 76.5 Å². The quantitative estimate of drug-likeness (QED) is 0.485. The molecule has 0 aliphatic rings. The van der Waals surface area contributed by atoms with Gasteiger partial charge in [0.2, 0.25) is 0 Å². The van der Waals surface area contributed by atoms with Crippen LogP contribution in [0.15, 0.2) is 47.3 Å². The van der Waals surface area contributed by atoms with Crippen LogP contribution in [0.3, 0.4) is 0 Å². The molecule has 0 bridgehead atoms. The summed E-state index contributed by atoms with van der Waals surface area (Å²) in [6.45, 7) is 3.45. The lowest BCUT2D eigenvalue weighted by molar-refractivity contribution is 0.102. The van der Waals surface area contributed by atoms with Gasteiger partial charge in [0, 0.05) is 22.5 Å². The number of nitrogens with one attached hydrogen (secondary N) is 2. The van der Waals surface area contributed by atoms with E-state index < -0.39 is 5.91 Å². The predicted molar refractivity (Wildman–Crippen MR) is 102 cm³/mol. The van der Waals surface area contributed by atoms with Crippen LogP contribution in [0.1, 0.15) is 38.4 Å². The number of hydrogen-bond donors (Lipinski definition) is 3. The van der Waals surface area contributed by atoms with Crippen molar-refractivity contribution >= 4 is 23.0 Å². The number of furan rings is 1. The molecule has 2 heterocycles. The zero-order chi connectivity index (χ0) is 19.6. The summed E-state index contributed by atoms with van der Waals surface area (Å²) in [5.41, 5.74) is 10.0. The molecule has 27 heavy (non-hydrogen) atoms. The van der Waals surface area contributed by atoms with E-state index in [2.05, 4.69) is 16.4 Å². The van der Waals surface area contributed by atoms with Gasteiger partial charge in [0.25, 0.3) is 5.91 Å². The lowest BCUT2D eigenvalue weighted by Gasteiger charge is -2.11. The van der Waals surface area contributed by atoms with Gasteiger partial charge >= 0.3 is 0 Å². The fourth-order valence-corrected chi connectivity index (χ4v) is 2.72. The van der Waals surface area contributed by atoms with Gasteiger partial charge in [0.15, 0.2) is 0 Å². The van der Waals surface area contributed by atoms with E-state index in [1.54, 1.807) is 44.2 Å². The summed E-state index contributed by atoms with van der Waals surface area (Å²) in [7, 11) is 0. The Bertz CT molecular complexity index is 1060. The molecule has 0 saturated carbocycles. The van der Waals surface area contributed by atoms with Gasteiger partial charge in [-0.15, -0.1) is 0 Å². The van der Waals surface area contributed by atoms with E-state index in [0.29, 0.717) is 39.3 Å². The normalized spacial score (nSPS) is 10.3. The zero-order valence-corrected chi connectivity index (χ0v) is 14.8. The Hall–Kier alpha value is -3.92. The van der Waals surface area contributed by atoms with Crippen LogP contribution in [0.5, 0.6) is 0 Å². The van der Waals surface area contributed by atoms with Gasteiger partial charge in [0.1, 0.15) is 11.8 Å². The summed E-state index contributed by atoms with van der Waals surface area (Å²) in [6, 6.07) is 10.2. The molecule has 3 rings (SSSR count). The number of hydrogen-bond acceptors (Lipinski definition) is 6. The zero-order valence-electron chi connectivity index (χ0n) is 14.8. The number of anilines is 2. The molecule has 0 radical (unpaired) electrons. The van der Waals surface area contributed by atoms with Gasteiger partial charge in [-0.1, -0.05) is 0 Å². The number of nitrogens with zero attached hydrogens (tertiary/aromatic N) is 2. The molecule has 7 nitrogen and oxygen atoms in total. The molecule has 0 aliphatic carbocycles. The number of amides is 1. The van der Waals surface area contributed by atoms with E-state index in [-0.39, 0.29) is 11.4 Å². The van der Waals surface area contributed by atoms with E-state index in [1.165, 1.54) is 12.5 Å². The van der Waals surface area contributed by atoms with Crippen molar-refractivity contribution in [3.63, 3.8) is 0 Å². The van der Waals surface area contributed by atoms with Crippen molar-refractivity contribution in [1.82, 2.24) is 4.98 Å². The van der Waals surface area contributed by atoms with Gasteiger partial charge in [-0.25, -0.2) is 4.98 Å². The van der Waals surface area contributed by atoms with Crippen LogP contribution in [-0.2, 0) is 0 Å². The Morgan fingerprint density at radius 2 is 2.07 bits per heavy atom. The molecule has 3 aromatic rings. The molecule has 4 N–H and O–H groups in total. The fraction of sp³-hybridized carbons (Fsp3) is 0.100. The second-order valence-electron chi connectivity index (χ2n) is 6.04. The second kappa shape index (κ2) is 7.14. The molecule has 0 unspecified atom stereocenters. The number of nitrogen functional groups attached to an aromatic ring is 1. The molecule has 2 aromatic heterocycles. The van der Waals surface area contributed by atoms with E-state index in [9.17, 15) is 4.79 Å². The molecular formula is C20H17N5O2. The largest absolute Gasteiger partial charge is 0.472 e. The van der Waals surface area contributed by atoms with Crippen LogP contribution in [0.2, 0.25) is 0 Å². The topological polar surface area (TPSA) is 129 Å². The summed E-state index contributed by atoms with van der Waals surface area (Å²) >= 11 is 0. The number of aromatic nitrogens is 1. The number of benzene rings is 1. The maximum absolute atomic E-state index is 12.6. The molecule has 0 aliphatic heterocycles. The molecule has 7 heteroatoms. The van der Waals surface area contributed by atoms with Crippen molar-refractivity contribution in [2.75, 3.05) is 11.1 Å². The molecule has 1 amide bonds. The Kier molecular flexibility index (Phi) is 4.73. The minimum absolute atomic E-state index is 0.195. The van der Waals surface area contributed by atoms with Gasteiger partial charge in [-0.3, -0.25) is 10.2 Å². The summed E-state index contributed by atoms with van der Waals surface area (Å²) in [5.74, 6) is -0.406. The first kappa shape index (κ1) is 17.9. The Morgan fingerprint density at radius 1 is 1.30 bits per heavy atom. The van der Waals surface area contributed by atoms with Crippen molar-refractivity contribution in [1.29, 1.82) is 10.7 Å². The van der Waals surface area contributed by atoms with Crippen LogP contribution in [-0.4, -0.2) is 16.6 Å². The van der Waals surface area contributed by atoms with Crippen LogP contribution >= 0.6 is 0 Å². The van der Waals surface area contributed by atoms with Crippen molar-refractivity contribution in [2.45, 2.75) is 13.8 Å². The number of carbonyl (C=O) groups is 1. The van der Waals surface area contributed by atoms with Gasteiger partial charge in [-0.2, -0.15) is 5.26 Å². The second-order valence-corrected chi connectivity index (χ2v) is 6.04. The Labute approximate surface area is 156 Å². The van der Waals surface area contributed by atoms with Gasteiger partial charge in [0.05, 0.1) is 29.5 Å². The molecule has 0 spiro atoms. The average molecular weight is 359 g/mol. The first-order valence-electron chi connectivity index (χ1n) is 8.11. The molecule has 0 atom stereocenters. The highest BCUT2D eigenvalue weighted by Gasteiger charge is 2.15. The number of nitriles is 1. The number of rotatable bonds is 4. The molecular weight excluding hydrogens is 342 g/mol. The Balaban J connectivity index is 1.88. The standard InChI is InChI=1S/C20H17N5O2/c1-11-7-18(24-12(2)16(11)9-21)20(26)25-14-3-4-17(22)15(8-14)19(23)13-5-6-27-10-13/h3-8,10,23H,22H2,1-2H3,(H,25,26). The monoisotopic (exact) mass is 359 g/mol. The third-order valence-corrected chi connectivity index (χ3v) is 4.13. The lowest BCUT2D eigenvalue weighted by atomic mass is 10.0. The number of aryl methyl sites for hydroxylation is 2. The molecule has 0 saturated heterocycles. The Morgan fingerprint density at radius 3 is 2.70 bits per heavy atom. The van der Waals surface area contributed by atoms with Crippen molar-refractivity contribution in [3.8, 4) is 6.07 Å². The maximum atomic E-state index is 12.6. The van der Waals surface area contributed by atoms with Gasteiger partial charge < -0.3 is 15.5 Å². The third kappa shape index (κ3) is 3.55. The smallest absolute Gasteiger partial charge is 0.274 e. The van der Waals surface area contributed by atoms with E-state index in [0.717, 1.165) is 0 Å². The van der Waals surface area contributed by atoms with Crippen LogP contribution in [0.4, 0.5) is 11.4 Å². The summed E-state index contributed by atoms with van der Waals surface area (Å²) in [5, 5.41) is 20.2. The fourth-order valence-electron chi connectivity index (χ4n) is 2.72. The highest BCUT2D eigenvalue weighted by molar-refractivity contribution is 6.14. The highest BCUT2D eigenvalue weighted by atomic mass is 16.3. The first-order valence-corrected chi connectivity index (χ1v) is 8.11. The van der Waals surface area contributed by atoms with E-state index in [4.69, 9.17) is 20.8 Å². The summed E-state index contributed by atoms with van der Waals surface area (Å²) in [4.78, 5) is 16.8. The number of pyridine rings is 1. The minimum Gasteiger partial charge on any atom is -0.472 e. The van der Waals surface area contributed by atoms with Crippen molar-refractivity contribution in [2.24, 2.45) is 0 Å². The number of carbonyl (C=O) groups excluding carboxylic acids is 1. The third-order valence-electron chi connectivity index (χ3n) is 4.13. The predicted octanol–water partition coefficient (Wildman–Crippen LogP) is 3.41.